The molecule has 0 spiro atoms. The van der Waals surface area contributed by atoms with Crippen molar-refractivity contribution < 1.29 is 4.79 Å². The van der Waals surface area contributed by atoms with Crippen molar-refractivity contribution in [3.63, 3.8) is 0 Å². The summed E-state index contributed by atoms with van der Waals surface area (Å²) in [6, 6.07) is 2.10. The van der Waals surface area contributed by atoms with Crippen LogP contribution in [-0.2, 0) is 4.79 Å². The van der Waals surface area contributed by atoms with Gasteiger partial charge in [-0.25, -0.2) is 0 Å². The molecule has 94 valence electrons. The summed E-state index contributed by atoms with van der Waals surface area (Å²) in [5.74, 6) is 2.51. The van der Waals surface area contributed by atoms with Crippen molar-refractivity contribution in [1.29, 1.82) is 5.26 Å². The van der Waals surface area contributed by atoms with Gasteiger partial charge in [0.25, 0.3) is 0 Å². The highest BCUT2D eigenvalue weighted by molar-refractivity contribution is 5.76. The number of nitrogens with zero attached hydrogens (tertiary/aromatic N) is 2. The van der Waals surface area contributed by atoms with Gasteiger partial charge in [0, 0.05) is 13.0 Å². The molecule has 17 heavy (non-hydrogen) atoms. The average molecular weight is 234 g/mol. The maximum atomic E-state index is 12.1. The van der Waals surface area contributed by atoms with Gasteiger partial charge in [-0.15, -0.1) is 0 Å². The fourth-order valence-corrected chi connectivity index (χ4v) is 3.63. The smallest absolute Gasteiger partial charge is 0.223 e. The minimum atomic E-state index is 0.200. The highest BCUT2D eigenvalue weighted by atomic mass is 16.2. The summed E-state index contributed by atoms with van der Waals surface area (Å²) in [6.45, 7) is 3.04. The molecular formula is C14H22N2O. The molecule has 0 aliphatic heterocycles. The predicted octanol–water partition coefficient (Wildman–Crippen LogP) is 2.57. The highest BCUT2D eigenvalue weighted by Crippen LogP contribution is 2.49. The van der Waals surface area contributed by atoms with Gasteiger partial charge in [0.15, 0.2) is 0 Å². The van der Waals surface area contributed by atoms with Crippen LogP contribution in [0.1, 0.15) is 45.4 Å². The van der Waals surface area contributed by atoms with E-state index in [2.05, 4.69) is 13.0 Å². The van der Waals surface area contributed by atoms with E-state index < -0.39 is 0 Å². The van der Waals surface area contributed by atoms with Crippen LogP contribution in [0.2, 0.25) is 0 Å². The summed E-state index contributed by atoms with van der Waals surface area (Å²) in [6.07, 6.45) is 6.93. The third kappa shape index (κ3) is 2.80. The second kappa shape index (κ2) is 5.53. The Kier molecular flexibility index (Phi) is 4.04. The van der Waals surface area contributed by atoms with E-state index in [0.29, 0.717) is 12.3 Å². The first-order valence-corrected chi connectivity index (χ1v) is 6.89. The maximum Gasteiger partial charge on any atom is 0.223 e. The standard InChI is InChI=1S/C14H22N2O/c1-2-6-16(7-5-15)14(17)10-13-9-11-3-4-12(13)8-11/h11-13H,2-4,6-10H2,1H3. The summed E-state index contributed by atoms with van der Waals surface area (Å²) in [5, 5.41) is 8.73. The lowest BCUT2D eigenvalue weighted by atomic mass is 9.86. The SMILES string of the molecule is CCCN(CC#N)C(=O)CC1CC2CCC1C2. The van der Waals surface area contributed by atoms with E-state index in [1.807, 2.05) is 0 Å². The Hall–Kier alpha value is -1.04. The molecule has 0 aromatic rings. The van der Waals surface area contributed by atoms with Gasteiger partial charge in [0.1, 0.15) is 6.54 Å². The van der Waals surface area contributed by atoms with Gasteiger partial charge < -0.3 is 4.90 Å². The van der Waals surface area contributed by atoms with Crippen molar-refractivity contribution in [2.75, 3.05) is 13.1 Å². The van der Waals surface area contributed by atoms with Crippen molar-refractivity contribution >= 4 is 5.91 Å². The van der Waals surface area contributed by atoms with Crippen LogP contribution in [0.3, 0.4) is 0 Å². The zero-order valence-corrected chi connectivity index (χ0v) is 10.7. The number of hydrogen-bond acceptors (Lipinski definition) is 2. The maximum absolute atomic E-state index is 12.1. The Morgan fingerprint density at radius 2 is 2.24 bits per heavy atom. The molecule has 2 aliphatic rings. The van der Waals surface area contributed by atoms with Crippen LogP contribution in [0.4, 0.5) is 0 Å². The molecule has 0 aromatic heterocycles. The lowest BCUT2D eigenvalue weighted by Gasteiger charge is -2.25. The zero-order chi connectivity index (χ0) is 12.3. The fraction of sp³-hybridized carbons (Fsp3) is 0.857. The van der Waals surface area contributed by atoms with Crippen LogP contribution >= 0.6 is 0 Å². The number of carbonyl (C=O) groups excluding carboxylic acids is 1. The number of nitriles is 1. The van der Waals surface area contributed by atoms with Crippen LogP contribution in [0.25, 0.3) is 0 Å². The van der Waals surface area contributed by atoms with Gasteiger partial charge in [0.2, 0.25) is 5.91 Å². The lowest BCUT2D eigenvalue weighted by Crippen LogP contribution is -2.34. The predicted molar refractivity (Wildman–Crippen MR) is 66.0 cm³/mol. The summed E-state index contributed by atoms with van der Waals surface area (Å²) in [7, 11) is 0. The molecule has 2 saturated carbocycles. The van der Waals surface area contributed by atoms with Crippen LogP contribution < -0.4 is 0 Å². The molecule has 0 heterocycles. The fourth-order valence-electron chi connectivity index (χ4n) is 3.63. The minimum Gasteiger partial charge on any atom is -0.329 e. The number of fused-ring (bicyclic) bond motifs is 2. The first-order chi connectivity index (χ1) is 8.24. The summed E-state index contributed by atoms with van der Waals surface area (Å²) < 4.78 is 0. The quantitative estimate of drug-likeness (QED) is 0.686. The number of rotatable bonds is 5. The molecule has 2 fully saturated rings. The van der Waals surface area contributed by atoms with Gasteiger partial charge in [-0.1, -0.05) is 13.3 Å². The molecule has 3 unspecified atom stereocenters. The van der Waals surface area contributed by atoms with Gasteiger partial charge in [0.05, 0.1) is 6.07 Å². The van der Waals surface area contributed by atoms with Crippen LogP contribution in [0.5, 0.6) is 0 Å². The second-order valence-electron chi connectivity index (χ2n) is 5.61. The van der Waals surface area contributed by atoms with E-state index in [1.165, 1.54) is 25.7 Å². The molecule has 2 bridgehead atoms. The molecule has 2 rings (SSSR count). The van der Waals surface area contributed by atoms with E-state index in [4.69, 9.17) is 5.26 Å². The molecule has 0 saturated heterocycles. The van der Waals surface area contributed by atoms with Crippen molar-refractivity contribution in [1.82, 2.24) is 4.90 Å². The number of carbonyl (C=O) groups is 1. The number of hydrogen-bond donors (Lipinski definition) is 0. The number of amides is 1. The van der Waals surface area contributed by atoms with Crippen LogP contribution in [-0.4, -0.2) is 23.9 Å². The molecule has 3 nitrogen and oxygen atoms in total. The monoisotopic (exact) mass is 234 g/mol. The minimum absolute atomic E-state index is 0.200. The van der Waals surface area contributed by atoms with E-state index in [-0.39, 0.29) is 12.5 Å². The lowest BCUT2D eigenvalue weighted by molar-refractivity contribution is -0.132. The van der Waals surface area contributed by atoms with Gasteiger partial charge in [-0.05, 0) is 43.4 Å². The summed E-state index contributed by atoms with van der Waals surface area (Å²) in [5.41, 5.74) is 0. The van der Waals surface area contributed by atoms with Crippen molar-refractivity contribution in [2.24, 2.45) is 17.8 Å². The van der Waals surface area contributed by atoms with E-state index in [9.17, 15) is 4.79 Å². The van der Waals surface area contributed by atoms with Gasteiger partial charge >= 0.3 is 0 Å². The normalized spacial score (nSPS) is 30.2. The van der Waals surface area contributed by atoms with Gasteiger partial charge in [-0.2, -0.15) is 5.26 Å². The third-order valence-electron chi connectivity index (χ3n) is 4.43. The topological polar surface area (TPSA) is 44.1 Å². The molecule has 0 aromatic carbocycles. The molecule has 0 N–H and O–H groups in total. The second-order valence-corrected chi connectivity index (χ2v) is 5.61. The van der Waals surface area contributed by atoms with Crippen molar-refractivity contribution in [2.45, 2.75) is 45.4 Å². The van der Waals surface area contributed by atoms with Crippen molar-refractivity contribution in [3.8, 4) is 6.07 Å². The average Bonchev–Trinajstić information content (AvgIpc) is 2.90. The Morgan fingerprint density at radius 1 is 1.41 bits per heavy atom. The largest absolute Gasteiger partial charge is 0.329 e. The molecule has 3 atom stereocenters. The first-order valence-electron chi connectivity index (χ1n) is 6.89. The molecule has 2 aliphatic carbocycles. The summed E-state index contributed by atoms with van der Waals surface area (Å²) in [4.78, 5) is 13.9. The Balaban J connectivity index is 1.85. The van der Waals surface area contributed by atoms with Crippen LogP contribution in [0.15, 0.2) is 0 Å². The zero-order valence-electron chi connectivity index (χ0n) is 10.7. The van der Waals surface area contributed by atoms with Crippen LogP contribution in [0, 0.1) is 29.1 Å². The van der Waals surface area contributed by atoms with E-state index in [1.54, 1.807) is 4.90 Å². The molecular weight excluding hydrogens is 212 g/mol. The van der Waals surface area contributed by atoms with E-state index >= 15 is 0 Å². The first kappa shape index (κ1) is 12.4. The molecule has 1 amide bonds. The van der Waals surface area contributed by atoms with E-state index in [0.717, 1.165) is 24.8 Å². The summed E-state index contributed by atoms with van der Waals surface area (Å²) >= 11 is 0. The Labute approximate surface area is 104 Å². The van der Waals surface area contributed by atoms with Crippen molar-refractivity contribution in [3.05, 3.63) is 0 Å². The Morgan fingerprint density at radius 3 is 2.76 bits per heavy atom. The molecule has 3 heteroatoms. The Bertz CT molecular complexity index is 321. The van der Waals surface area contributed by atoms with Gasteiger partial charge in [-0.3, -0.25) is 4.79 Å². The third-order valence-corrected chi connectivity index (χ3v) is 4.43. The molecule has 0 radical (unpaired) electrons. The highest BCUT2D eigenvalue weighted by Gasteiger charge is 2.40.